The van der Waals surface area contributed by atoms with Gasteiger partial charge in [0, 0.05) is 36.2 Å². The lowest BCUT2D eigenvalue weighted by atomic mass is 10.00. The monoisotopic (exact) mass is 278 g/mol. The lowest BCUT2D eigenvalue weighted by Gasteiger charge is -2.42. The average Bonchev–Trinajstić information content (AvgIpc) is 3.24. The van der Waals surface area contributed by atoms with E-state index in [0.29, 0.717) is 18.1 Å². The van der Waals surface area contributed by atoms with Crippen molar-refractivity contribution in [3.63, 3.8) is 0 Å². The average molecular weight is 279 g/mol. The van der Waals surface area contributed by atoms with Gasteiger partial charge in [0.2, 0.25) is 0 Å². The van der Waals surface area contributed by atoms with E-state index < -0.39 is 0 Å². The number of hydrogen-bond donors (Lipinski definition) is 1. The van der Waals surface area contributed by atoms with E-state index in [0.717, 1.165) is 17.5 Å². The first-order valence-electron chi connectivity index (χ1n) is 7.39. The number of halogens is 1. The molecule has 0 radical (unpaired) electrons. The molecule has 1 aromatic carbocycles. The fourth-order valence-corrected chi connectivity index (χ4v) is 3.32. The summed E-state index contributed by atoms with van der Waals surface area (Å²) in [5.41, 5.74) is 1.37. The molecule has 0 aromatic heterocycles. The van der Waals surface area contributed by atoms with Crippen LogP contribution in [-0.2, 0) is 0 Å². The molecule has 2 aliphatic rings. The summed E-state index contributed by atoms with van der Waals surface area (Å²) in [5.74, 6) is 0.924. The Morgan fingerprint density at radius 3 is 2.58 bits per heavy atom. The number of rotatable bonds is 3. The first kappa shape index (κ1) is 13.4. The van der Waals surface area contributed by atoms with Crippen LogP contribution < -0.4 is 5.32 Å². The lowest BCUT2D eigenvalue weighted by Crippen LogP contribution is -2.56. The molecule has 2 nitrogen and oxygen atoms in total. The summed E-state index contributed by atoms with van der Waals surface area (Å²) >= 11 is 5.98. The Bertz CT molecular complexity index is 427. The highest BCUT2D eigenvalue weighted by molar-refractivity contribution is 6.30. The van der Waals surface area contributed by atoms with Gasteiger partial charge in [0.1, 0.15) is 0 Å². The molecule has 0 amide bonds. The van der Waals surface area contributed by atoms with Gasteiger partial charge >= 0.3 is 0 Å². The minimum atomic E-state index is 0.468. The molecule has 0 bridgehead atoms. The molecule has 1 aliphatic carbocycles. The van der Waals surface area contributed by atoms with Gasteiger partial charge in [-0.15, -0.1) is 0 Å². The van der Waals surface area contributed by atoms with Gasteiger partial charge < -0.3 is 5.32 Å². The zero-order valence-electron chi connectivity index (χ0n) is 11.8. The Kier molecular flexibility index (Phi) is 3.84. The second-order valence-electron chi connectivity index (χ2n) is 6.13. The van der Waals surface area contributed by atoms with Crippen molar-refractivity contribution in [1.29, 1.82) is 0 Å². The van der Waals surface area contributed by atoms with Crippen LogP contribution in [0.4, 0.5) is 0 Å². The van der Waals surface area contributed by atoms with Gasteiger partial charge in [0.25, 0.3) is 0 Å². The molecule has 104 valence electrons. The zero-order valence-corrected chi connectivity index (χ0v) is 12.5. The fraction of sp³-hybridized carbons (Fsp3) is 0.625. The van der Waals surface area contributed by atoms with Crippen LogP contribution in [0.15, 0.2) is 24.3 Å². The summed E-state index contributed by atoms with van der Waals surface area (Å²) in [7, 11) is 0. The molecule has 1 saturated heterocycles. The van der Waals surface area contributed by atoms with E-state index in [1.165, 1.54) is 24.9 Å². The van der Waals surface area contributed by atoms with Crippen LogP contribution in [0.25, 0.3) is 0 Å². The van der Waals surface area contributed by atoms with Gasteiger partial charge in [-0.3, -0.25) is 4.90 Å². The number of piperazine rings is 1. The third-order valence-electron chi connectivity index (χ3n) is 4.69. The number of benzene rings is 1. The Hall–Kier alpha value is -0.570. The molecular weight excluding hydrogens is 256 g/mol. The fourth-order valence-electron chi connectivity index (χ4n) is 3.20. The van der Waals surface area contributed by atoms with Crippen molar-refractivity contribution in [1.82, 2.24) is 10.2 Å². The van der Waals surface area contributed by atoms with Crippen molar-refractivity contribution >= 4 is 11.6 Å². The van der Waals surface area contributed by atoms with E-state index in [2.05, 4.69) is 36.2 Å². The molecule has 1 N–H and O–H groups in total. The van der Waals surface area contributed by atoms with Crippen LogP contribution in [0.1, 0.15) is 38.3 Å². The van der Waals surface area contributed by atoms with Gasteiger partial charge in [0.15, 0.2) is 0 Å². The molecule has 0 spiro atoms. The quantitative estimate of drug-likeness (QED) is 0.911. The van der Waals surface area contributed by atoms with Crippen LogP contribution in [0.5, 0.6) is 0 Å². The highest BCUT2D eigenvalue weighted by Crippen LogP contribution is 2.36. The minimum Gasteiger partial charge on any atom is -0.311 e. The molecule has 3 atom stereocenters. The summed E-state index contributed by atoms with van der Waals surface area (Å²) in [6.07, 6.45) is 2.82. The van der Waals surface area contributed by atoms with Crippen molar-refractivity contribution in [2.45, 2.75) is 44.8 Å². The Balaban J connectivity index is 1.72. The number of nitrogens with one attached hydrogen (secondary N) is 1. The van der Waals surface area contributed by atoms with Gasteiger partial charge in [-0.1, -0.05) is 23.7 Å². The lowest BCUT2D eigenvalue weighted by molar-refractivity contribution is 0.0925. The number of nitrogens with zero attached hydrogens (tertiary/aromatic N) is 1. The van der Waals surface area contributed by atoms with E-state index >= 15 is 0 Å². The van der Waals surface area contributed by atoms with Gasteiger partial charge in [-0.05, 0) is 50.3 Å². The molecule has 19 heavy (non-hydrogen) atoms. The second kappa shape index (κ2) is 5.43. The second-order valence-corrected chi connectivity index (χ2v) is 6.56. The van der Waals surface area contributed by atoms with Gasteiger partial charge in [0.05, 0.1) is 0 Å². The largest absolute Gasteiger partial charge is 0.311 e. The summed E-state index contributed by atoms with van der Waals surface area (Å²) in [5, 5.41) is 4.53. The SMILES string of the molecule is CC1CNC(C2CC2)CN1C(C)c1ccc(Cl)cc1. The third-order valence-corrected chi connectivity index (χ3v) is 4.94. The Morgan fingerprint density at radius 1 is 1.26 bits per heavy atom. The van der Waals surface area contributed by atoms with Crippen LogP contribution in [0, 0.1) is 5.92 Å². The molecule has 3 heteroatoms. The molecule has 1 aliphatic heterocycles. The van der Waals surface area contributed by atoms with Crippen LogP contribution in [0.2, 0.25) is 5.02 Å². The molecule has 1 heterocycles. The van der Waals surface area contributed by atoms with E-state index in [4.69, 9.17) is 11.6 Å². The predicted molar refractivity (Wildman–Crippen MR) is 80.5 cm³/mol. The molecule has 3 rings (SSSR count). The highest BCUT2D eigenvalue weighted by atomic mass is 35.5. The van der Waals surface area contributed by atoms with Gasteiger partial charge in [-0.2, -0.15) is 0 Å². The van der Waals surface area contributed by atoms with E-state index in [9.17, 15) is 0 Å². The summed E-state index contributed by atoms with van der Waals surface area (Å²) in [6, 6.07) is 10.1. The molecule has 1 aromatic rings. The summed E-state index contributed by atoms with van der Waals surface area (Å²) in [6.45, 7) is 6.92. The third kappa shape index (κ3) is 2.96. The number of hydrogen-bond acceptors (Lipinski definition) is 2. The maximum Gasteiger partial charge on any atom is 0.0406 e. The van der Waals surface area contributed by atoms with Crippen LogP contribution in [0.3, 0.4) is 0 Å². The minimum absolute atomic E-state index is 0.468. The summed E-state index contributed by atoms with van der Waals surface area (Å²) < 4.78 is 0. The maximum atomic E-state index is 5.98. The smallest absolute Gasteiger partial charge is 0.0406 e. The van der Waals surface area contributed by atoms with Crippen molar-refractivity contribution in [2.75, 3.05) is 13.1 Å². The van der Waals surface area contributed by atoms with Crippen LogP contribution in [-0.4, -0.2) is 30.1 Å². The molecule has 1 saturated carbocycles. The van der Waals surface area contributed by atoms with E-state index in [1.807, 2.05) is 12.1 Å². The van der Waals surface area contributed by atoms with Crippen molar-refractivity contribution in [3.8, 4) is 0 Å². The van der Waals surface area contributed by atoms with Crippen molar-refractivity contribution in [3.05, 3.63) is 34.9 Å². The summed E-state index contributed by atoms with van der Waals surface area (Å²) in [4.78, 5) is 2.64. The van der Waals surface area contributed by atoms with E-state index in [-0.39, 0.29) is 0 Å². The first-order valence-corrected chi connectivity index (χ1v) is 7.77. The normalized spacial score (nSPS) is 30.3. The topological polar surface area (TPSA) is 15.3 Å². The molecule has 2 fully saturated rings. The highest BCUT2D eigenvalue weighted by Gasteiger charge is 2.37. The predicted octanol–water partition coefficient (Wildman–Crippen LogP) is 3.47. The van der Waals surface area contributed by atoms with Gasteiger partial charge in [-0.25, -0.2) is 0 Å². The molecule has 3 unspecified atom stereocenters. The Morgan fingerprint density at radius 2 is 1.95 bits per heavy atom. The van der Waals surface area contributed by atoms with Crippen molar-refractivity contribution < 1.29 is 0 Å². The molecular formula is C16H23ClN2. The van der Waals surface area contributed by atoms with E-state index in [1.54, 1.807) is 0 Å². The van der Waals surface area contributed by atoms with Crippen molar-refractivity contribution in [2.24, 2.45) is 5.92 Å². The standard InChI is InChI=1S/C16H23ClN2/c1-11-9-18-16(14-3-4-14)10-19(11)12(2)13-5-7-15(17)8-6-13/h5-8,11-12,14,16,18H,3-4,9-10H2,1-2H3. The first-order chi connectivity index (χ1) is 9.15. The Labute approximate surface area is 121 Å². The van der Waals surface area contributed by atoms with Crippen LogP contribution >= 0.6 is 11.6 Å². The zero-order chi connectivity index (χ0) is 13.4. The maximum absolute atomic E-state index is 5.98.